The fraction of sp³-hybridized carbons (Fsp3) is 0.200. The van der Waals surface area contributed by atoms with Crippen molar-refractivity contribution in [2.75, 3.05) is 6.54 Å². The minimum atomic E-state index is 0.555. The van der Waals surface area contributed by atoms with Crippen LogP contribution in [0.15, 0.2) is 36.4 Å². The van der Waals surface area contributed by atoms with Gasteiger partial charge in [-0.15, -0.1) is 0 Å². The van der Waals surface area contributed by atoms with Crippen LogP contribution in [0.1, 0.15) is 11.1 Å². The largest absolute Gasteiger partial charge is 0.455 e. The van der Waals surface area contributed by atoms with Crippen molar-refractivity contribution in [2.24, 2.45) is 5.73 Å². The van der Waals surface area contributed by atoms with E-state index in [-0.39, 0.29) is 0 Å². The highest BCUT2D eigenvalue weighted by atomic mass is 35.5. The number of aryl methyl sites for hydroxylation is 1. The van der Waals surface area contributed by atoms with Crippen LogP contribution in [0.2, 0.25) is 10.0 Å². The highest BCUT2D eigenvalue weighted by molar-refractivity contribution is 6.32. The second-order valence-electron chi connectivity index (χ2n) is 4.33. The fourth-order valence-electron chi connectivity index (χ4n) is 1.79. The summed E-state index contributed by atoms with van der Waals surface area (Å²) in [5.41, 5.74) is 7.70. The van der Waals surface area contributed by atoms with E-state index in [1.807, 2.05) is 37.3 Å². The van der Waals surface area contributed by atoms with Gasteiger partial charge in [0.15, 0.2) is 0 Å². The topological polar surface area (TPSA) is 35.2 Å². The lowest BCUT2D eigenvalue weighted by atomic mass is 10.1. The summed E-state index contributed by atoms with van der Waals surface area (Å²) in [7, 11) is 0. The van der Waals surface area contributed by atoms with Crippen LogP contribution in [0.3, 0.4) is 0 Å². The molecule has 100 valence electrons. The van der Waals surface area contributed by atoms with Crippen molar-refractivity contribution < 1.29 is 4.74 Å². The van der Waals surface area contributed by atoms with Crippen molar-refractivity contribution in [1.82, 2.24) is 0 Å². The predicted octanol–water partition coefficient (Wildman–Crippen LogP) is 4.60. The zero-order valence-corrected chi connectivity index (χ0v) is 12.1. The summed E-state index contributed by atoms with van der Waals surface area (Å²) in [6, 6.07) is 11.2. The van der Waals surface area contributed by atoms with Crippen molar-refractivity contribution in [3.63, 3.8) is 0 Å². The molecule has 2 N–H and O–H groups in total. The molecule has 2 nitrogen and oxygen atoms in total. The molecular formula is C15H15Cl2NO. The molecule has 0 spiro atoms. The monoisotopic (exact) mass is 295 g/mol. The molecule has 0 aliphatic carbocycles. The summed E-state index contributed by atoms with van der Waals surface area (Å²) in [6.45, 7) is 2.54. The normalized spacial score (nSPS) is 10.5. The van der Waals surface area contributed by atoms with Gasteiger partial charge in [-0.25, -0.2) is 0 Å². The van der Waals surface area contributed by atoms with Crippen molar-refractivity contribution in [3.05, 3.63) is 57.6 Å². The van der Waals surface area contributed by atoms with Crippen LogP contribution in [-0.4, -0.2) is 6.54 Å². The van der Waals surface area contributed by atoms with Gasteiger partial charge in [-0.05, 0) is 55.3 Å². The number of rotatable bonds is 4. The van der Waals surface area contributed by atoms with Gasteiger partial charge in [0.2, 0.25) is 0 Å². The van der Waals surface area contributed by atoms with Crippen LogP contribution in [0.25, 0.3) is 0 Å². The first-order chi connectivity index (χ1) is 9.10. The van der Waals surface area contributed by atoms with E-state index < -0.39 is 0 Å². The minimum Gasteiger partial charge on any atom is -0.455 e. The number of hydrogen-bond donors (Lipinski definition) is 1. The molecule has 0 unspecified atom stereocenters. The molecule has 0 atom stereocenters. The molecular weight excluding hydrogens is 281 g/mol. The predicted molar refractivity (Wildman–Crippen MR) is 80.5 cm³/mol. The Morgan fingerprint density at radius 3 is 2.53 bits per heavy atom. The maximum atomic E-state index is 6.17. The van der Waals surface area contributed by atoms with Gasteiger partial charge in [0.25, 0.3) is 0 Å². The number of benzene rings is 2. The van der Waals surface area contributed by atoms with Crippen LogP contribution in [0, 0.1) is 6.92 Å². The Balaban J connectivity index is 2.33. The van der Waals surface area contributed by atoms with E-state index in [1.165, 1.54) is 0 Å². The Morgan fingerprint density at radius 1 is 1.05 bits per heavy atom. The SMILES string of the molecule is Cc1ccc(Oc2cc(Cl)ccc2CCN)c(Cl)c1. The molecule has 0 aliphatic rings. The number of hydrogen-bond acceptors (Lipinski definition) is 2. The Labute approximate surface area is 123 Å². The first-order valence-electron chi connectivity index (χ1n) is 6.02. The van der Waals surface area contributed by atoms with E-state index in [9.17, 15) is 0 Å². The van der Waals surface area contributed by atoms with E-state index >= 15 is 0 Å². The minimum absolute atomic E-state index is 0.555. The summed E-state index contributed by atoms with van der Waals surface area (Å²) < 4.78 is 5.86. The summed E-state index contributed by atoms with van der Waals surface area (Å²) in [6.07, 6.45) is 0.732. The average molecular weight is 296 g/mol. The molecule has 4 heteroatoms. The van der Waals surface area contributed by atoms with Crippen LogP contribution in [0.5, 0.6) is 11.5 Å². The fourth-order valence-corrected chi connectivity index (χ4v) is 2.23. The first-order valence-corrected chi connectivity index (χ1v) is 6.78. The first kappa shape index (κ1) is 14.2. The van der Waals surface area contributed by atoms with Gasteiger partial charge in [0.05, 0.1) is 5.02 Å². The van der Waals surface area contributed by atoms with Crippen LogP contribution < -0.4 is 10.5 Å². The van der Waals surface area contributed by atoms with Gasteiger partial charge in [0.1, 0.15) is 11.5 Å². The number of halogens is 2. The van der Waals surface area contributed by atoms with Gasteiger partial charge < -0.3 is 10.5 Å². The van der Waals surface area contributed by atoms with Crippen molar-refractivity contribution >= 4 is 23.2 Å². The smallest absolute Gasteiger partial charge is 0.146 e. The molecule has 0 aromatic heterocycles. The molecule has 0 fully saturated rings. The molecule has 2 aromatic rings. The average Bonchev–Trinajstić information content (AvgIpc) is 2.36. The third-order valence-electron chi connectivity index (χ3n) is 2.75. The highest BCUT2D eigenvalue weighted by Gasteiger charge is 2.08. The van der Waals surface area contributed by atoms with E-state index in [2.05, 4.69) is 0 Å². The number of ether oxygens (including phenoxy) is 1. The summed E-state index contributed by atoms with van der Waals surface area (Å²) in [5, 5.41) is 1.21. The third-order valence-corrected chi connectivity index (χ3v) is 3.28. The zero-order valence-electron chi connectivity index (χ0n) is 10.6. The maximum Gasteiger partial charge on any atom is 0.146 e. The maximum absolute atomic E-state index is 6.17. The quantitative estimate of drug-likeness (QED) is 0.895. The van der Waals surface area contributed by atoms with Crippen molar-refractivity contribution in [1.29, 1.82) is 0 Å². The van der Waals surface area contributed by atoms with Gasteiger partial charge >= 0.3 is 0 Å². The Bertz CT molecular complexity index is 584. The Kier molecular flexibility index (Phi) is 4.70. The molecule has 0 aliphatic heterocycles. The molecule has 2 rings (SSSR count). The Morgan fingerprint density at radius 2 is 1.84 bits per heavy atom. The molecule has 0 bridgehead atoms. The lowest BCUT2D eigenvalue weighted by molar-refractivity contribution is 0.476. The summed E-state index contributed by atoms with van der Waals surface area (Å²) in [4.78, 5) is 0. The van der Waals surface area contributed by atoms with Gasteiger partial charge in [0, 0.05) is 5.02 Å². The van der Waals surface area contributed by atoms with Crippen molar-refractivity contribution in [3.8, 4) is 11.5 Å². The highest BCUT2D eigenvalue weighted by Crippen LogP contribution is 2.33. The van der Waals surface area contributed by atoms with E-state index in [1.54, 1.807) is 6.07 Å². The zero-order chi connectivity index (χ0) is 13.8. The van der Waals surface area contributed by atoms with Crippen LogP contribution in [0.4, 0.5) is 0 Å². The van der Waals surface area contributed by atoms with Gasteiger partial charge in [-0.1, -0.05) is 35.3 Å². The molecule has 0 amide bonds. The van der Waals surface area contributed by atoms with Gasteiger partial charge in [-0.2, -0.15) is 0 Å². The second-order valence-corrected chi connectivity index (χ2v) is 5.17. The summed E-state index contributed by atoms with van der Waals surface area (Å²) >= 11 is 12.2. The van der Waals surface area contributed by atoms with E-state index in [0.717, 1.165) is 17.5 Å². The number of nitrogens with two attached hydrogens (primary N) is 1. The molecule has 0 saturated carbocycles. The lowest BCUT2D eigenvalue weighted by Gasteiger charge is -2.12. The lowest BCUT2D eigenvalue weighted by Crippen LogP contribution is -2.04. The standard InChI is InChI=1S/C15H15Cl2NO/c1-10-2-5-14(13(17)8-10)19-15-9-12(16)4-3-11(15)6-7-18/h2-5,8-9H,6-7,18H2,1H3. The van der Waals surface area contributed by atoms with Crippen molar-refractivity contribution in [2.45, 2.75) is 13.3 Å². The third kappa shape index (κ3) is 3.63. The van der Waals surface area contributed by atoms with E-state index in [0.29, 0.717) is 28.1 Å². The van der Waals surface area contributed by atoms with Crippen LogP contribution >= 0.6 is 23.2 Å². The van der Waals surface area contributed by atoms with E-state index in [4.69, 9.17) is 33.7 Å². The molecule has 19 heavy (non-hydrogen) atoms. The molecule has 0 saturated heterocycles. The second kappa shape index (κ2) is 6.29. The molecule has 0 heterocycles. The molecule has 2 aromatic carbocycles. The molecule has 0 radical (unpaired) electrons. The Hall–Kier alpha value is -1.22. The van der Waals surface area contributed by atoms with Crippen LogP contribution in [-0.2, 0) is 6.42 Å². The van der Waals surface area contributed by atoms with Gasteiger partial charge in [-0.3, -0.25) is 0 Å². The summed E-state index contributed by atoms with van der Waals surface area (Å²) in [5.74, 6) is 1.32.